The summed E-state index contributed by atoms with van der Waals surface area (Å²) in [5, 5.41) is 14.1. The topological polar surface area (TPSA) is 95.5 Å². The number of amides is 2. The molecule has 0 aliphatic carbocycles. The first kappa shape index (κ1) is 15.7. The molecule has 0 spiro atoms. The van der Waals surface area contributed by atoms with E-state index in [2.05, 4.69) is 10.6 Å². The number of carbonyl (C=O) groups is 3. The minimum Gasteiger partial charge on any atom is -0.480 e. The van der Waals surface area contributed by atoms with Crippen molar-refractivity contribution in [1.29, 1.82) is 0 Å². The maximum Gasteiger partial charge on any atom is 0.326 e. The zero-order valence-corrected chi connectivity index (χ0v) is 11.6. The van der Waals surface area contributed by atoms with E-state index in [1.807, 2.05) is 0 Å². The Kier molecular flexibility index (Phi) is 5.25. The summed E-state index contributed by atoms with van der Waals surface area (Å²) in [6.45, 7) is 4.75. The third-order valence-electron chi connectivity index (χ3n) is 2.70. The Morgan fingerprint density at radius 3 is 2.25 bits per heavy atom. The minimum absolute atomic E-state index is 0.231. The second-order valence-electron chi connectivity index (χ2n) is 4.76. The monoisotopic (exact) mass is 278 g/mol. The van der Waals surface area contributed by atoms with Crippen LogP contribution in [0.15, 0.2) is 24.3 Å². The van der Waals surface area contributed by atoms with Gasteiger partial charge in [-0.2, -0.15) is 0 Å². The van der Waals surface area contributed by atoms with E-state index < -0.39 is 17.9 Å². The van der Waals surface area contributed by atoms with Crippen molar-refractivity contribution in [3.8, 4) is 0 Å². The number of carbonyl (C=O) groups excluding carboxylic acids is 2. The van der Waals surface area contributed by atoms with Crippen molar-refractivity contribution in [1.82, 2.24) is 5.32 Å². The fourth-order valence-electron chi connectivity index (χ4n) is 1.71. The van der Waals surface area contributed by atoms with Crippen LogP contribution in [-0.2, 0) is 9.59 Å². The van der Waals surface area contributed by atoms with Crippen LogP contribution in [0.5, 0.6) is 0 Å². The molecule has 0 heterocycles. The highest BCUT2D eigenvalue weighted by atomic mass is 16.4. The average Bonchev–Trinajstić information content (AvgIpc) is 2.34. The molecule has 0 aromatic heterocycles. The van der Waals surface area contributed by atoms with Gasteiger partial charge in [0.1, 0.15) is 6.04 Å². The molecule has 0 radical (unpaired) electrons. The van der Waals surface area contributed by atoms with Gasteiger partial charge in [-0.15, -0.1) is 0 Å². The van der Waals surface area contributed by atoms with Gasteiger partial charge in [0, 0.05) is 6.92 Å². The standard InChI is InChI=1S/C14H18N2O4/c1-8(2)12(14(19)20)16-13(18)10-6-4-5-7-11(10)15-9(3)17/h4-8,12H,1-3H3,(H,15,17)(H,16,18)(H,19,20)/t12-/m1/s1. The number of rotatable bonds is 5. The largest absolute Gasteiger partial charge is 0.480 e. The fourth-order valence-corrected chi connectivity index (χ4v) is 1.71. The molecular formula is C14H18N2O4. The van der Waals surface area contributed by atoms with Gasteiger partial charge in [-0.25, -0.2) is 4.79 Å². The summed E-state index contributed by atoms with van der Waals surface area (Å²) < 4.78 is 0. The molecule has 3 N–H and O–H groups in total. The lowest BCUT2D eigenvalue weighted by Gasteiger charge is -2.19. The molecule has 0 fully saturated rings. The maximum atomic E-state index is 12.1. The summed E-state index contributed by atoms with van der Waals surface area (Å²) in [5.74, 6) is -2.17. The molecule has 0 saturated carbocycles. The number of benzene rings is 1. The molecule has 0 aliphatic rings. The van der Waals surface area contributed by atoms with Crippen LogP contribution in [0, 0.1) is 5.92 Å². The third-order valence-corrected chi connectivity index (χ3v) is 2.70. The van der Waals surface area contributed by atoms with Crippen molar-refractivity contribution in [2.45, 2.75) is 26.8 Å². The Morgan fingerprint density at radius 1 is 1.15 bits per heavy atom. The lowest BCUT2D eigenvalue weighted by Crippen LogP contribution is -2.44. The van der Waals surface area contributed by atoms with E-state index >= 15 is 0 Å². The van der Waals surface area contributed by atoms with Gasteiger partial charge < -0.3 is 15.7 Å². The van der Waals surface area contributed by atoms with Crippen molar-refractivity contribution in [2.75, 3.05) is 5.32 Å². The Bertz CT molecular complexity index is 526. The summed E-state index contributed by atoms with van der Waals surface area (Å²) in [5.41, 5.74) is 0.583. The molecule has 0 unspecified atom stereocenters. The molecule has 6 heteroatoms. The van der Waals surface area contributed by atoms with Crippen LogP contribution in [0.25, 0.3) is 0 Å². The fraction of sp³-hybridized carbons (Fsp3) is 0.357. The van der Waals surface area contributed by atoms with Gasteiger partial charge >= 0.3 is 5.97 Å². The Hall–Kier alpha value is -2.37. The van der Waals surface area contributed by atoms with Gasteiger partial charge in [-0.1, -0.05) is 26.0 Å². The second kappa shape index (κ2) is 6.70. The Morgan fingerprint density at radius 2 is 1.75 bits per heavy atom. The zero-order chi connectivity index (χ0) is 15.3. The zero-order valence-electron chi connectivity index (χ0n) is 11.6. The van der Waals surface area contributed by atoms with Crippen molar-refractivity contribution in [3.63, 3.8) is 0 Å². The van der Waals surface area contributed by atoms with Gasteiger partial charge in [-0.05, 0) is 18.1 Å². The van der Waals surface area contributed by atoms with E-state index in [1.165, 1.54) is 13.0 Å². The van der Waals surface area contributed by atoms with Crippen LogP contribution < -0.4 is 10.6 Å². The van der Waals surface area contributed by atoms with E-state index in [0.29, 0.717) is 5.69 Å². The SMILES string of the molecule is CC(=O)Nc1ccccc1C(=O)N[C@@H](C(=O)O)C(C)C. The number of anilines is 1. The highest BCUT2D eigenvalue weighted by molar-refractivity contribution is 6.04. The van der Waals surface area contributed by atoms with Crippen LogP contribution in [0.1, 0.15) is 31.1 Å². The van der Waals surface area contributed by atoms with Crippen molar-refractivity contribution >= 4 is 23.5 Å². The number of carboxylic acid groups (broad SMARTS) is 1. The second-order valence-corrected chi connectivity index (χ2v) is 4.76. The molecule has 1 aromatic rings. The lowest BCUT2D eigenvalue weighted by molar-refractivity contribution is -0.140. The first-order valence-corrected chi connectivity index (χ1v) is 6.23. The van der Waals surface area contributed by atoms with Gasteiger partial charge in [0.25, 0.3) is 5.91 Å². The van der Waals surface area contributed by atoms with Gasteiger partial charge in [0.05, 0.1) is 11.3 Å². The average molecular weight is 278 g/mol. The molecule has 20 heavy (non-hydrogen) atoms. The summed E-state index contributed by atoms with van der Waals surface area (Å²) in [6.07, 6.45) is 0. The molecule has 1 atom stereocenters. The third kappa shape index (κ3) is 4.08. The predicted molar refractivity (Wildman–Crippen MR) is 74.5 cm³/mol. The Labute approximate surface area is 117 Å². The number of para-hydroxylation sites is 1. The summed E-state index contributed by atoms with van der Waals surface area (Å²) in [6, 6.07) is 5.46. The van der Waals surface area contributed by atoms with E-state index in [9.17, 15) is 14.4 Å². The van der Waals surface area contributed by atoms with E-state index in [0.717, 1.165) is 0 Å². The molecular weight excluding hydrogens is 260 g/mol. The minimum atomic E-state index is -1.09. The molecule has 108 valence electrons. The molecule has 6 nitrogen and oxygen atoms in total. The number of aliphatic carboxylic acids is 1. The van der Waals surface area contributed by atoms with Crippen molar-refractivity contribution in [2.24, 2.45) is 5.92 Å². The molecule has 1 rings (SSSR count). The van der Waals surface area contributed by atoms with Crippen molar-refractivity contribution < 1.29 is 19.5 Å². The predicted octanol–water partition coefficient (Wildman–Crippen LogP) is 1.48. The maximum absolute atomic E-state index is 12.1. The van der Waals surface area contributed by atoms with E-state index in [1.54, 1.807) is 32.0 Å². The first-order valence-electron chi connectivity index (χ1n) is 6.23. The van der Waals surface area contributed by atoms with Gasteiger partial charge in [-0.3, -0.25) is 9.59 Å². The Balaban J connectivity index is 2.97. The molecule has 0 bridgehead atoms. The first-order chi connectivity index (χ1) is 9.32. The number of carboxylic acids is 1. The van der Waals surface area contributed by atoms with Gasteiger partial charge in [0.2, 0.25) is 5.91 Å². The van der Waals surface area contributed by atoms with Gasteiger partial charge in [0.15, 0.2) is 0 Å². The summed E-state index contributed by atoms with van der Waals surface area (Å²) in [4.78, 5) is 34.3. The van der Waals surface area contributed by atoms with Crippen LogP contribution in [0.2, 0.25) is 0 Å². The molecule has 2 amide bonds. The smallest absolute Gasteiger partial charge is 0.326 e. The summed E-state index contributed by atoms with van der Waals surface area (Å²) >= 11 is 0. The summed E-state index contributed by atoms with van der Waals surface area (Å²) in [7, 11) is 0. The number of hydrogen-bond donors (Lipinski definition) is 3. The van der Waals surface area contributed by atoms with E-state index in [-0.39, 0.29) is 17.4 Å². The van der Waals surface area contributed by atoms with Crippen LogP contribution in [0.4, 0.5) is 5.69 Å². The number of hydrogen-bond acceptors (Lipinski definition) is 3. The lowest BCUT2D eigenvalue weighted by atomic mass is 10.0. The van der Waals surface area contributed by atoms with Crippen LogP contribution in [-0.4, -0.2) is 28.9 Å². The molecule has 1 aromatic carbocycles. The van der Waals surface area contributed by atoms with Crippen LogP contribution in [0.3, 0.4) is 0 Å². The normalized spacial score (nSPS) is 11.8. The van der Waals surface area contributed by atoms with E-state index in [4.69, 9.17) is 5.11 Å². The number of nitrogens with one attached hydrogen (secondary N) is 2. The highest BCUT2D eigenvalue weighted by Crippen LogP contribution is 2.15. The molecule has 0 aliphatic heterocycles. The van der Waals surface area contributed by atoms with Crippen LogP contribution >= 0.6 is 0 Å². The quantitative estimate of drug-likeness (QED) is 0.760. The molecule has 0 saturated heterocycles. The van der Waals surface area contributed by atoms with Crippen molar-refractivity contribution in [3.05, 3.63) is 29.8 Å². The highest BCUT2D eigenvalue weighted by Gasteiger charge is 2.24.